The van der Waals surface area contributed by atoms with Crippen LogP contribution in [-0.4, -0.2) is 19.0 Å². The number of rotatable bonds is 5. The smallest absolute Gasteiger partial charge is 0.250 e. The van der Waals surface area contributed by atoms with Crippen LogP contribution in [0.2, 0.25) is 0 Å². The molecule has 0 amide bonds. The highest BCUT2D eigenvalue weighted by Crippen LogP contribution is 1.97. The number of nitrogens with one attached hydrogen (secondary N) is 1. The number of hydrogen-bond donors (Lipinski definition) is 1. The molecular weight excluding hydrogens is 150 g/mol. The van der Waals surface area contributed by atoms with Crippen molar-refractivity contribution in [1.82, 2.24) is 5.32 Å². The van der Waals surface area contributed by atoms with Gasteiger partial charge in [-0.15, -0.1) is 0 Å². The second-order valence-electron chi connectivity index (χ2n) is 2.27. The quantitative estimate of drug-likeness (QED) is 0.665. The fourth-order valence-electron chi connectivity index (χ4n) is 0.727. The third kappa shape index (κ3) is 5.74. The molecular formula is C7H12F2N2. The van der Waals surface area contributed by atoms with Crippen LogP contribution in [0.5, 0.6) is 0 Å². The van der Waals surface area contributed by atoms with Crippen molar-refractivity contribution < 1.29 is 8.78 Å². The largest absolute Gasteiger partial charge is 0.308 e. The Morgan fingerprint density at radius 3 is 2.55 bits per heavy atom. The Bertz CT molecular complexity index is 131. The topological polar surface area (TPSA) is 35.8 Å². The SMILES string of the molecule is CCC(CC#N)NCC(F)F. The molecule has 0 aromatic rings. The van der Waals surface area contributed by atoms with Gasteiger partial charge in [-0.1, -0.05) is 6.92 Å². The van der Waals surface area contributed by atoms with Gasteiger partial charge in [0, 0.05) is 6.04 Å². The molecule has 1 N–H and O–H groups in total. The summed E-state index contributed by atoms with van der Waals surface area (Å²) in [6.07, 6.45) is -1.33. The molecule has 0 saturated heterocycles. The highest BCUT2D eigenvalue weighted by atomic mass is 19.3. The molecule has 0 aliphatic heterocycles. The first-order valence-electron chi connectivity index (χ1n) is 3.59. The van der Waals surface area contributed by atoms with Crippen LogP contribution in [0.4, 0.5) is 8.78 Å². The molecule has 0 bridgehead atoms. The Kier molecular flexibility index (Phi) is 5.67. The molecule has 0 aromatic heterocycles. The Labute approximate surface area is 65.2 Å². The van der Waals surface area contributed by atoms with Crippen molar-refractivity contribution in [1.29, 1.82) is 5.26 Å². The van der Waals surface area contributed by atoms with Gasteiger partial charge in [-0.3, -0.25) is 0 Å². The first kappa shape index (κ1) is 10.3. The number of halogens is 2. The van der Waals surface area contributed by atoms with Crippen LogP contribution in [-0.2, 0) is 0 Å². The molecule has 0 heterocycles. The lowest BCUT2D eigenvalue weighted by atomic mass is 10.2. The molecule has 64 valence electrons. The van der Waals surface area contributed by atoms with Gasteiger partial charge in [-0.05, 0) is 6.42 Å². The van der Waals surface area contributed by atoms with Gasteiger partial charge in [-0.25, -0.2) is 8.78 Å². The van der Waals surface area contributed by atoms with Crippen molar-refractivity contribution >= 4 is 0 Å². The summed E-state index contributed by atoms with van der Waals surface area (Å²) in [5.41, 5.74) is 0. The van der Waals surface area contributed by atoms with Crippen molar-refractivity contribution in [3.63, 3.8) is 0 Å². The standard InChI is InChI=1S/C7H12F2N2/c1-2-6(3-4-10)11-5-7(8)9/h6-7,11H,2-3,5H2,1H3. The first-order chi connectivity index (χ1) is 5.20. The average molecular weight is 162 g/mol. The maximum atomic E-state index is 11.6. The monoisotopic (exact) mass is 162 g/mol. The van der Waals surface area contributed by atoms with Crippen molar-refractivity contribution in [2.45, 2.75) is 32.2 Å². The van der Waals surface area contributed by atoms with Crippen molar-refractivity contribution in [2.24, 2.45) is 0 Å². The van der Waals surface area contributed by atoms with E-state index in [1.807, 2.05) is 13.0 Å². The van der Waals surface area contributed by atoms with Crippen LogP contribution in [0.1, 0.15) is 19.8 Å². The van der Waals surface area contributed by atoms with Gasteiger partial charge in [0.05, 0.1) is 19.0 Å². The average Bonchev–Trinajstić information content (AvgIpc) is 1.97. The molecule has 0 radical (unpaired) electrons. The molecule has 0 saturated carbocycles. The summed E-state index contributed by atoms with van der Waals surface area (Å²) < 4.78 is 23.3. The van der Waals surface area contributed by atoms with E-state index in [4.69, 9.17) is 5.26 Å². The minimum Gasteiger partial charge on any atom is -0.308 e. The van der Waals surface area contributed by atoms with E-state index in [0.717, 1.165) is 0 Å². The minimum atomic E-state index is -2.33. The zero-order chi connectivity index (χ0) is 8.69. The predicted octanol–water partition coefficient (Wildman–Crippen LogP) is 1.53. The summed E-state index contributed by atoms with van der Waals surface area (Å²) in [6.45, 7) is 1.54. The second kappa shape index (κ2) is 6.05. The lowest BCUT2D eigenvalue weighted by Crippen LogP contribution is -2.32. The molecule has 0 spiro atoms. The summed E-state index contributed by atoms with van der Waals surface area (Å²) in [5.74, 6) is 0. The molecule has 1 unspecified atom stereocenters. The number of hydrogen-bond acceptors (Lipinski definition) is 2. The number of nitrogens with zero attached hydrogens (tertiary/aromatic N) is 1. The molecule has 0 aliphatic carbocycles. The summed E-state index contributed by atoms with van der Waals surface area (Å²) in [5, 5.41) is 10.9. The fourth-order valence-corrected chi connectivity index (χ4v) is 0.727. The van der Waals surface area contributed by atoms with Crippen LogP contribution in [0.15, 0.2) is 0 Å². The molecule has 1 atom stereocenters. The van der Waals surface area contributed by atoms with Crippen LogP contribution < -0.4 is 5.32 Å². The van der Waals surface area contributed by atoms with E-state index >= 15 is 0 Å². The zero-order valence-corrected chi connectivity index (χ0v) is 6.48. The summed E-state index contributed by atoms with van der Waals surface area (Å²) in [7, 11) is 0. The summed E-state index contributed by atoms with van der Waals surface area (Å²) >= 11 is 0. The Morgan fingerprint density at radius 1 is 1.55 bits per heavy atom. The van der Waals surface area contributed by atoms with Crippen LogP contribution in [0.25, 0.3) is 0 Å². The predicted molar refractivity (Wildman–Crippen MR) is 38.3 cm³/mol. The lowest BCUT2D eigenvalue weighted by molar-refractivity contribution is 0.141. The molecule has 4 heteroatoms. The van der Waals surface area contributed by atoms with Crippen LogP contribution in [0.3, 0.4) is 0 Å². The second-order valence-corrected chi connectivity index (χ2v) is 2.27. The maximum absolute atomic E-state index is 11.6. The fraction of sp³-hybridized carbons (Fsp3) is 0.857. The van der Waals surface area contributed by atoms with E-state index in [2.05, 4.69) is 5.32 Å². The maximum Gasteiger partial charge on any atom is 0.250 e. The van der Waals surface area contributed by atoms with Crippen molar-refractivity contribution in [2.75, 3.05) is 6.54 Å². The number of alkyl halides is 2. The van der Waals surface area contributed by atoms with E-state index in [9.17, 15) is 8.78 Å². The number of nitriles is 1. The molecule has 0 aromatic carbocycles. The van der Waals surface area contributed by atoms with E-state index in [1.165, 1.54) is 0 Å². The Balaban J connectivity index is 3.45. The Hall–Kier alpha value is -0.690. The van der Waals surface area contributed by atoms with Crippen molar-refractivity contribution in [3.8, 4) is 6.07 Å². The first-order valence-corrected chi connectivity index (χ1v) is 3.59. The van der Waals surface area contributed by atoms with Crippen LogP contribution in [0, 0.1) is 11.3 Å². The highest BCUT2D eigenvalue weighted by molar-refractivity contribution is 4.79. The van der Waals surface area contributed by atoms with Gasteiger partial charge in [-0.2, -0.15) is 5.26 Å². The van der Waals surface area contributed by atoms with E-state index < -0.39 is 6.43 Å². The molecule has 11 heavy (non-hydrogen) atoms. The zero-order valence-electron chi connectivity index (χ0n) is 6.48. The summed E-state index contributed by atoms with van der Waals surface area (Å²) in [4.78, 5) is 0. The van der Waals surface area contributed by atoms with Gasteiger partial charge in [0.2, 0.25) is 0 Å². The van der Waals surface area contributed by atoms with Gasteiger partial charge < -0.3 is 5.32 Å². The molecule has 0 aliphatic rings. The molecule has 0 fully saturated rings. The Morgan fingerprint density at radius 2 is 2.18 bits per heavy atom. The lowest BCUT2D eigenvalue weighted by Gasteiger charge is -2.12. The molecule has 2 nitrogen and oxygen atoms in total. The third-order valence-electron chi connectivity index (χ3n) is 1.39. The normalized spacial score (nSPS) is 13.0. The van der Waals surface area contributed by atoms with Crippen molar-refractivity contribution in [3.05, 3.63) is 0 Å². The van der Waals surface area contributed by atoms with E-state index in [-0.39, 0.29) is 12.6 Å². The van der Waals surface area contributed by atoms with Gasteiger partial charge in [0.1, 0.15) is 0 Å². The van der Waals surface area contributed by atoms with Gasteiger partial charge >= 0.3 is 0 Å². The molecule has 0 rings (SSSR count). The van der Waals surface area contributed by atoms with E-state index in [0.29, 0.717) is 12.8 Å². The highest BCUT2D eigenvalue weighted by Gasteiger charge is 2.07. The van der Waals surface area contributed by atoms with Crippen LogP contribution >= 0.6 is 0 Å². The van der Waals surface area contributed by atoms with Gasteiger partial charge in [0.25, 0.3) is 6.43 Å². The van der Waals surface area contributed by atoms with Gasteiger partial charge in [0.15, 0.2) is 0 Å². The third-order valence-corrected chi connectivity index (χ3v) is 1.39. The minimum absolute atomic E-state index is 0.0889. The van der Waals surface area contributed by atoms with E-state index in [1.54, 1.807) is 0 Å². The summed E-state index contributed by atoms with van der Waals surface area (Å²) in [6, 6.07) is 1.85.